The number of carbonyl (C=O) groups excluding carboxylic acids is 1. The van der Waals surface area contributed by atoms with Crippen molar-refractivity contribution in [3.05, 3.63) is 24.4 Å². The zero-order valence-corrected chi connectivity index (χ0v) is 21.9. The maximum absolute atomic E-state index is 13.7. The smallest absolute Gasteiger partial charge is 0.213 e. The molecular weight excluding hydrogens is 457 g/mol. The Kier molecular flexibility index (Phi) is 5.84. The van der Waals surface area contributed by atoms with Crippen LogP contribution in [0.5, 0.6) is 0 Å². The van der Waals surface area contributed by atoms with Gasteiger partial charge in [-0.15, -0.1) is 0 Å². The highest BCUT2D eigenvalue weighted by Gasteiger charge is 2.62. The Balaban J connectivity index is 1.19. The second kappa shape index (κ2) is 8.59. The molecular formula is C29H40FN3O3. The molecule has 6 nitrogen and oxygen atoms in total. The van der Waals surface area contributed by atoms with Crippen LogP contribution in [0.3, 0.4) is 0 Å². The van der Waals surface area contributed by atoms with E-state index in [1.807, 2.05) is 0 Å². The van der Waals surface area contributed by atoms with Gasteiger partial charge in [0.2, 0.25) is 5.95 Å². The molecule has 8 atom stereocenters. The predicted octanol–water partition coefficient (Wildman–Crippen LogP) is 5.18. The third-order valence-corrected chi connectivity index (χ3v) is 11.4. The summed E-state index contributed by atoms with van der Waals surface area (Å²) in [5.74, 6) is 2.30. The molecule has 4 aliphatic rings. The highest BCUT2D eigenvalue weighted by atomic mass is 19.1. The monoisotopic (exact) mass is 497 g/mol. The van der Waals surface area contributed by atoms with Gasteiger partial charge in [-0.25, -0.2) is 4.98 Å². The minimum absolute atomic E-state index is 0.0419. The van der Waals surface area contributed by atoms with Crippen LogP contribution in [0.15, 0.2) is 18.5 Å². The molecule has 0 aromatic carbocycles. The summed E-state index contributed by atoms with van der Waals surface area (Å²) < 4.78 is 20.6. The molecule has 2 aromatic rings. The van der Waals surface area contributed by atoms with Gasteiger partial charge in [-0.05, 0) is 92.3 Å². The molecule has 0 radical (unpaired) electrons. The van der Waals surface area contributed by atoms with Gasteiger partial charge in [0.15, 0.2) is 5.78 Å². The van der Waals surface area contributed by atoms with Gasteiger partial charge in [-0.1, -0.05) is 13.8 Å². The zero-order chi connectivity index (χ0) is 25.3. The van der Waals surface area contributed by atoms with Gasteiger partial charge >= 0.3 is 0 Å². The Morgan fingerprint density at radius 3 is 2.72 bits per heavy atom. The fraction of sp³-hybridized carbons (Fsp3) is 0.759. The Morgan fingerprint density at radius 1 is 1.11 bits per heavy atom. The number of nitrogens with zero attached hydrogens (tertiary/aromatic N) is 3. The van der Waals surface area contributed by atoms with Crippen molar-refractivity contribution in [1.29, 1.82) is 0 Å². The number of halogens is 1. The van der Waals surface area contributed by atoms with E-state index in [4.69, 9.17) is 4.74 Å². The number of ether oxygens (including phenoxy) is 1. The fourth-order valence-corrected chi connectivity index (χ4v) is 9.58. The molecule has 1 N–H and O–H groups in total. The fourth-order valence-electron chi connectivity index (χ4n) is 9.58. The summed E-state index contributed by atoms with van der Waals surface area (Å²) in [7, 11) is 1.69. The third-order valence-electron chi connectivity index (χ3n) is 11.4. The molecule has 0 saturated heterocycles. The van der Waals surface area contributed by atoms with E-state index < -0.39 is 11.5 Å². The number of rotatable bonds is 5. The summed E-state index contributed by atoms with van der Waals surface area (Å²) in [4.78, 5) is 17.4. The number of hydrogen-bond acceptors (Lipinski definition) is 5. The zero-order valence-electron chi connectivity index (χ0n) is 21.9. The van der Waals surface area contributed by atoms with E-state index in [0.717, 1.165) is 38.5 Å². The second-order valence-electron chi connectivity index (χ2n) is 13.0. The molecule has 4 aliphatic carbocycles. The Bertz CT molecular complexity index is 1170. The summed E-state index contributed by atoms with van der Waals surface area (Å²) in [6, 6.07) is 1.37. The van der Waals surface area contributed by atoms with E-state index in [2.05, 4.69) is 23.9 Å². The van der Waals surface area contributed by atoms with E-state index in [1.54, 1.807) is 18.0 Å². The summed E-state index contributed by atoms with van der Waals surface area (Å²) in [5.41, 5.74) is 0.366. The van der Waals surface area contributed by atoms with Crippen molar-refractivity contribution in [2.24, 2.45) is 40.4 Å². The Hall–Kier alpha value is -1.86. The largest absolute Gasteiger partial charge is 0.387 e. The number of Topliss-reactive ketones (excluding diaryl/α,β-unsaturated/α-hetero) is 1. The minimum Gasteiger partial charge on any atom is -0.387 e. The number of carbonyl (C=O) groups is 1. The number of aliphatic hydroxyl groups is 1. The van der Waals surface area contributed by atoms with Crippen LogP contribution in [-0.4, -0.2) is 45.0 Å². The first-order valence-corrected chi connectivity index (χ1v) is 13.9. The number of pyridine rings is 1. The quantitative estimate of drug-likeness (QED) is 0.577. The van der Waals surface area contributed by atoms with Crippen LogP contribution in [0.1, 0.15) is 71.6 Å². The van der Waals surface area contributed by atoms with Gasteiger partial charge in [0.05, 0.1) is 30.1 Å². The van der Waals surface area contributed by atoms with E-state index >= 15 is 0 Å². The van der Waals surface area contributed by atoms with Crippen molar-refractivity contribution in [2.75, 3.05) is 13.7 Å². The first-order valence-electron chi connectivity index (χ1n) is 13.9. The lowest BCUT2D eigenvalue weighted by atomic mass is 9.44. The lowest BCUT2D eigenvalue weighted by molar-refractivity contribution is -0.164. The van der Waals surface area contributed by atoms with Crippen LogP contribution >= 0.6 is 0 Å². The molecule has 7 heteroatoms. The van der Waals surface area contributed by atoms with Crippen LogP contribution < -0.4 is 0 Å². The van der Waals surface area contributed by atoms with Gasteiger partial charge in [-0.3, -0.25) is 9.48 Å². The van der Waals surface area contributed by atoms with E-state index in [0.29, 0.717) is 41.2 Å². The van der Waals surface area contributed by atoms with Crippen molar-refractivity contribution in [3.63, 3.8) is 0 Å². The summed E-state index contributed by atoms with van der Waals surface area (Å²) in [6.07, 6.45) is 12.6. The highest BCUT2D eigenvalue weighted by molar-refractivity contribution is 5.84. The van der Waals surface area contributed by atoms with Crippen molar-refractivity contribution in [3.8, 4) is 0 Å². The van der Waals surface area contributed by atoms with Gasteiger partial charge in [0, 0.05) is 24.5 Å². The molecule has 36 heavy (non-hydrogen) atoms. The first kappa shape index (κ1) is 24.5. The highest BCUT2D eigenvalue weighted by Crippen LogP contribution is 2.68. The van der Waals surface area contributed by atoms with Crippen LogP contribution in [0.2, 0.25) is 0 Å². The van der Waals surface area contributed by atoms with E-state index in [1.165, 1.54) is 31.5 Å². The molecule has 2 heterocycles. The second-order valence-corrected chi connectivity index (χ2v) is 13.0. The minimum atomic E-state index is -0.669. The SMILES string of the molecule is COC[C@@]1(O)CC[C@@]2(C)[C@H](CC[C@@H]3[C@@H]2CC[C@]2(C)[C@@H](C(=O)Cn4ncc5cc(F)ncc54)CC[C@@H]32)C1. The van der Waals surface area contributed by atoms with Gasteiger partial charge in [-0.2, -0.15) is 9.49 Å². The van der Waals surface area contributed by atoms with Crippen LogP contribution in [0.25, 0.3) is 10.9 Å². The average Bonchev–Trinajstić information content (AvgIpc) is 3.39. The first-order chi connectivity index (χ1) is 17.2. The topological polar surface area (TPSA) is 77.2 Å². The number of aromatic nitrogens is 3. The van der Waals surface area contributed by atoms with Crippen molar-refractivity contribution >= 4 is 16.7 Å². The maximum atomic E-state index is 13.7. The van der Waals surface area contributed by atoms with Crippen LogP contribution in [-0.2, 0) is 16.1 Å². The van der Waals surface area contributed by atoms with Crippen LogP contribution in [0, 0.1) is 46.4 Å². The molecule has 0 unspecified atom stereocenters. The molecule has 4 saturated carbocycles. The molecule has 4 fully saturated rings. The molecule has 0 amide bonds. The molecule has 0 spiro atoms. The van der Waals surface area contributed by atoms with Crippen molar-refractivity contribution < 1.29 is 19.0 Å². The summed E-state index contributed by atoms with van der Waals surface area (Å²) >= 11 is 0. The van der Waals surface area contributed by atoms with Gasteiger partial charge in [0.25, 0.3) is 0 Å². The molecule has 2 aromatic heterocycles. The van der Waals surface area contributed by atoms with E-state index in [-0.39, 0.29) is 29.1 Å². The van der Waals surface area contributed by atoms with Crippen LogP contribution in [0.4, 0.5) is 4.39 Å². The number of ketones is 1. The number of hydrogen-bond donors (Lipinski definition) is 1. The average molecular weight is 498 g/mol. The number of fused-ring (bicyclic) bond motifs is 6. The van der Waals surface area contributed by atoms with Crippen molar-refractivity contribution in [1.82, 2.24) is 14.8 Å². The van der Waals surface area contributed by atoms with Gasteiger partial charge < -0.3 is 9.84 Å². The maximum Gasteiger partial charge on any atom is 0.213 e. The lowest BCUT2D eigenvalue weighted by Crippen LogP contribution is -2.57. The molecule has 0 bridgehead atoms. The van der Waals surface area contributed by atoms with Gasteiger partial charge in [0.1, 0.15) is 6.54 Å². The summed E-state index contributed by atoms with van der Waals surface area (Å²) in [6.45, 7) is 5.56. The summed E-state index contributed by atoms with van der Waals surface area (Å²) in [5, 5.41) is 16.2. The standard InChI is InChI=1S/C29H40FN3O3/c1-27-10-11-29(35,17-36-3)13-19(27)4-5-20-21-6-7-23(28(21,2)9-8-22(20)27)25(34)16-33-24-15-31-26(30)12-18(24)14-32-33/h12,14-15,19-23,35H,4-11,13,16-17H2,1-3H3/t19-,20+,21+,22+,23-,27+,28+,29-/m1/s1. The molecule has 196 valence electrons. The Labute approximate surface area is 213 Å². The molecule has 6 rings (SSSR count). The normalized spacial score (nSPS) is 42.1. The molecule has 0 aliphatic heterocycles. The van der Waals surface area contributed by atoms with Crippen molar-refractivity contribution in [2.45, 2.75) is 83.8 Å². The predicted molar refractivity (Wildman–Crippen MR) is 135 cm³/mol. The third kappa shape index (κ3) is 3.67. The van der Waals surface area contributed by atoms with E-state index in [9.17, 15) is 14.3 Å². The lowest BCUT2D eigenvalue weighted by Gasteiger charge is -2.62. The number of methoxy groups -OCH3 is 1. The Morgan fingerprint density at radius 2 is 1.92 bits per heavy atom.